The van der Waals surface area contributed by atoms with Gasteiger partial charge < -0.3 is 10.5 Å². The summed E-state index contributed by atoms with van der Waals surface area (Å²) >= 11 is 0. The molecule has 0 spiro atoms. The largest absolute Gasteiger partial charge is 0.496 e. The molecule has 0 heterocycles. The maximum Gasteiger partial charge on any atom is 0.121 e. The molecule has 2 heteroatoms. The summed E-state index contributed by atoms with van der Waals surface area (Å²) in [4.78, 5) is 0. The molecule has 14 heavy (non-hydrogen) atoms. The summed E-state index contributed by atoms with van der Waals surface area (Å²) in [7, 11) is 1.67. The molecule has 2 N–H and O–H groups in total. The van der Waals surface area contributed by atoms with Gasteiger partial charge in [-0.25, -0.2) is 0 Å². The summed E-state index contributed by atoms with van der Waals surface area (Å²) in [6.45, 7) is 5.69. The minimum absolute atomic E-state index is 0.0390. The highest BCUT2D eigenvalue weighted by molar-refractivity contribution is 5.37. The Bertz CT molecular complexity index is 320. The Kier molecular flexibility index (Phi) is 3.72. The molecule has 0 saturated carbocycles. The number of methoxy groups -OCH3 is 1. The Labute approximate surface area is 85.4 Å². The van der Waals surface area contributed by atoms with Crippen molar-refractivity contribution < 1.29 is 4.74 Å². The van der Waals surface area contributed by atoms with Gasteiger partial charge in [-0.05, 0) is 30.5 Å². The first-order chi connectivity index (χ1) is 6.69. The molecule has 2 nitrogen and oxygen atoms in total. The fourth-order valence-electron chi connectivity index (χ4n) is 1.45. The predicted molar refractivity (Wildman–Crippen MR) is 59.5 cm³/mol. The van der Waals surface area contributed by atoms with Gasteiger partial charge in [0.25, 0.3) is 0 Å². The van der Waals surface area contributed by atoms with Crippen molar-refractivity contribution in [3.05, 3.63) is 42.0 Å². The first-order valence-electron chi connectivity index (χ1n) is 4.70. The van der Waals surface area contributed by atoms with Crippen LogP contribution in [0.15, 0.2) is 30.9 Å². The molecule has 0 aromatic heterocycles. The highest BCUT2D eigenvalue weighted by atomic mass is 16.5. The molecule has 0 unspecified atom stereocenters. The third kappa shape index (κ3) is 2.36. The van der Waals surface area contributed by atoms with Crippen molar-refractivity contribution in [1.29, 1.82) is 0 Å². The second-order valence-electron chi connectivity index (χ2n) is 3.36. The fourth-order valence-corrected chi connectivity index (χ4v) is 1.45. The van der Waals surface area contributed by atoms with Crippen molar-refractivity contribution in [2.75, 3.05) is 7.11 Å². The minimum Gasteiger partial charge on any atom is -0.496 e. The molecule has 76 valence electrons. The zero-order valence-electron chi connectivity index (χ0n) is 8.79. The molecule has 0 amide bonds. The van der Waals surface area contributed by atoms with Crippen LogP contribution in [-0.2, 0) is 0 Å². The van der Waals surface area contributed by atoms with E-state index in [2.05, 4.69) is 12.6 Å². The molecule has 0 saturated heterocycles. The van der Waals surface area contributed by atoms with Gasteiger partial charge in [0.15, 0.2) is 0 Å². The second kappa shape index (κ2) is 4.82. The summed E-state index contributed by atoms with van der Waals surface area (Å²) in [5, 5.41) is 0. The van der Waals surface area contributed by atoms with Crippen molar-refractivity contribution in [2.24, 2.45) is 5.73 Å². The highest BCUT2D eigenvalue weighted by Gasteiger charge is 2.05. The van der Waals surface area contributed by atoms with Crippen LogP contribution in [0.4, 0.5) is 0 Å². The predicted octanol–water partition coefficient (Wildman–Crippen LogP) is 2.58. The molecular formula is C12H17NO. The van der Waals surface area contributed by atoms with E-state index in [1.165, 1.54) is 0 Å². The van der Waals surface area contributed by atoms with Crippen LogP contribution >= 0.6 is 0 Å². The number of hydrogen-bond donors (Lipinski definition) is 1. The molecule has 1 aromatic rings. The number of rotatable bonds is 4. The first-order valence-corrected chi connectivity index (χ1v) is 4.70. The lowest BCUT2D eigenvalue weighted by molar-refractivity contribution is 0.411. The molecule has 0 aliphatic carbocycles. The number of aryl methyl sites for hydroxylation is 1. The summed E-state index contributed by atoms with van der Waals surface area (Å²) in [5.41, 5.74) is 8.20. The van der Waals surface area contributed by atoms with Gasteiger partial charge in [0.05, 0.1) is 7.11 Å². The van der Waals surface area contributed by atoms with E-state index < -0.39 is 0 Å². The van der Waals surface area contributed by atoms with E-state index in [0.717, 1.165) is 23.3 Å². The number of benzene rings is 1. The quantitative estimate of drug-likeness (QED) is 0.742. The second-order valence-corrected chi connectivity index (χ2v) is 3.36. The summed E-state index contributed by atoms with van der Waals surface area (Å²) in [6, 6.07) is 6.05. The SMILES string of the molecule is C=CC[C@@H](N)c1ccc(OC)c(C)c1. The third-order valence-corrected chi connectivity index (χ3v) is 2.27. The maximum absolute atomic E-state index is 5.95. The van der Waals surface area contributed by atoms with Gasteiger partial charge in [-0.1, -0.05) is 18.2 Å². The molecule has 0 radical (unpaired) electrons. The zero-order chi connectivity index (χ0) is 10.6. The number of ether oxygens (including phenoxy) is 1. The van der Waals surface area contributed by atoms with E-state index in [4.69, 9.17) is 10.5 Å². The van der Waals surface area contributed by atoms with Crippen molar-refractivity contribution in [3.8, 4) is 5.75 Å². The van der Waals surface area contributed by atoms with E-state index in [9.17, 15) is 0 Å². The van der Waals surface area contributed by atoms with Crippen LogP contribution in [0.2, 0.25) is 0 Å². The van der Waals surface area contributed by atoms with Crippen LogP contribution in [0.3, 0.4) is 0 Å². The van der Waals surface area contributed by atoms with Gasteiger partial charge >= 0.3 is 0 Å². The molecule has 0 bridgehead atoms. The molecular weight excluding hydrogens is 174 g/mol. The van der Waals surface area contributed by atoms with Gasteiger partial charge in [-0.15, -0.1) is 6.58 Å². The third-order valence-electron chi connectivity index (χ3n) is 2.27. The lowest BCUT2D eigenvalue weighted by Crippen LogP contribution is -2.09. The number of hydrogen-bond acceptors (Lipinski definition) is 2. The van der Waals surface area contributed by atoms with Gasteiger partial charge in [-0.2, -0.15) is 0 Å². The minimum atomic E-state index is 0.0390. The van der Waals surface area contributed by atoms with Crippen LogP contribution in [0.5, 0.6) is 5.75 Å². The smallest absolute Gasteiger partial charge is 0.121 e. The lowest BCUT2D eigenvalue weighted by Gasteiger charge is -2.12. The Hall–Kier alpha value is -1.28. The van der Waals surface area contributed by atoms with Crippen molar-refractivity contribution >= 4 is 0 Å². The molecule has 0 fully saturated rings. The average Bonchev–Trinajstić information content (AvgIpc) is 2.18. The van der Waals surface area contributed by atoms with Gasteiger partial charge in [0.2, 0.25) is 0 Å². The average molecular weight is 191 g/mol. The Morgan fingerprint density at radius 1 is 1.57 bits per heavy atom. The Balaban J connectivity index is 2.90. The van der Waals surface area contributed by atoms with Crippen LogP contribution in [0.1, 0.15) is 23.6 Å². The molecule has 1 atom stereocenters. The standard InChI is InChI=1S/C12H17NO/c1-4-5-11(13)10-6-7-12(14-3)9(2)8-10/h4,6-8,11H,1,5,13H2,2-3H3/t11-/m1/s1. The van der Waals surface area contributed by atoms with E-state index >= 15 is 0 Å². The van der Waals surface area contributed by atoms with Crippen molar-refractivity contribution in [2.45, 2.75) is 19.4 Å². The van der Waals surface area contributed by atoms with Crippen LogP contribution in [0.25, 0.3) is 0 Å². The zero-order valence-corrected chi connectivity index (χ0v) is 8.79. The normalized spacial score (nSPS) is 12.2. The van der Waals surface area contributed by atoms with E-state index in [1.54, 1.807) is 7.11 Å². The Morgan fingerprint density at radius 2 is 2.29 bits per heavy atom. The van der Waals surface area contributed by atoms with E-state index in [1.807, 2.05) is 25.1 Å². The van der Waals surface area contributed by atoms with E-state index in [-0.39, 0.29) is 6.04 Å². The summed E-state index contributed by atoms with van der Waals surface area (Å²) < 4.78 is 5.18. The summed E-state index contributed by atoms with van der Waals surface area (Å²) in [6.07, 6.45) is 2.63. The van der Waals surface area contributed by atoms with E-state index in [0.29, 0.717) is 0 Å². The topological polar surface area (TPSA) is 35.2 Å². The molecule has 0 aliphatic rings. The number of nitrogens with two attached hydrogens (primary N) is 1. The van der Waals surface area contributed by atoms with Gasteiger partial charge in [-0.3, -0.25) is 0 Å². The van der Waals surface area contributed by atoms with Crippen LogP contribution in [-0.4, -0.2) is 7.11 Å². The molecule has 0 aliphatic heterocycles. The van der Waals surface area contributed by atoms with Crippen LogP contribution < -0.4 is 10.5 Å². The molecule has 1 aromatic carbocycles. The van der Waals surface area contributed by atoms with Gasteiger partial charge in [0, 0.05) is 6.04 Å². The van der Waals surface area contributed by atoms with Crippen LogP contribution in [0, 0.1) is 6.92 Å². The fraction of sp³-hybridized carbons (Fsp3) is 0.333. The summed E-state index contributed by atoms with van der Waals surface area (Å²) in [5.74, 6) is 0.902. The highest BCUT2D eigenvalue weighted by Crippen LogP contribution is 2.22. The lowest BCUT2D eigenvalue weighted by atomic mass is 10.0. The van der Waals surface area contributed by atoms with Crippen molar-refractivity contribution in [3.63, 3.8) is 0 Å². The Morgan fingerprint density at radius 3 is 2.79 bits per heavy atom. The first kappa shape index (κ1) is 10.8. The monoisotopic (exact) mass is 191 g/mol. The maximum atomic E-state index is 5.95. The molecule has 1 rings (SSSR count). The van der Waals surface area contributed by atoms with Gasteiger partial charge in [0.1, 0.15) is 5.75 Å². The van der Waals surface area contributed by atoms with Crippen molar-refractivity contribution in [1.82, 2.24) is 0 Å².